The van der Waals surface area contributed by atoms with Crippen molar-refractivity contribution in [3.63, 3.8) is 0 Å². The lowest BCUT2D eigenvalue weighted by Crippen LogP contribution is -2.21. The molecule has 2 unspecified atom stereocenters. The van der Waals surface area contributed by atoms with Crippen molar-refractivity contribution in [3.8, 4) is 0 Å². The van der Waals surface area contributed by atoms with Gasteiger partial charge in [0.2, 0.25) is 5.95 Å². The van der Waals surface area contributed by atoms with Crippen LogP contribution in [-0.4, -0.2) is 63.1 Å². The van der Waals surface area contributed by atoms with Crippen LogP contribution in [0.5, 0.6) is 0 Å². The Hall–Kier alpha value is -1.48. The molecule has 0 spiro atoms. The zero-order chi connectivity index (χ0) is 22.7. The van der Waals surface area contributed by atoms with Crippen molar-refractivity contribution in [3.05, 3.63) is 16.7 Å². The van der Waals surface area contributed by atoms with Gasteiger partial charge in [0.25, 0.3) is 5.56 Å². The molecule has 0 saturated carbocycles. The molecule has 0 aliphatic rings. The number of nitrogens with one attached hydrogen (secondary N) is 1. The topological polar surface area (TPSA) is 270 Å². The van der Waals surface area contributed by atoms with Crippen LogP contribution in [0, 0.1) is 0 Å². The van der Waals surface area contributed by atoms with Gasteiger partial charge in [-0.25, -0.2) is 18.4 Å². The second-order valence-corrected chi connectivity index (χ2v) is 10.7. The van der Waals surface area contributed by atoms with Crippen molar-refractivity contribution in [2.75, 3.05) is 18.5 Å². The molecule has 0 radical (unpaired) electrons. The van der Waals surface area contributed by atoms with Crippen LogP contribution in [0.3, 0.4) is 0 Å². The fourth-order valence-electron chi connectivity index (χ4n) is 2.14. The van der Waals surface area contributed by atoms with Gasteiger partial charge < -0.3 is 35.2 Å². The van der Waals surface area contributed by atoms with Gasteiger partial charge in [-0.05, 0) is 6.42 Å². The molecule has 2 aromatic heterocycles. The average molecular weight is 493 g/mol. The fraction of sp³-hybridized carbons (Fsp3) is 0.500. The predicted molar refractivity (Wildman–Crippen MR) is 97.9 cm³/mol. The Labute approximate surface area is 166 Å². The number of aliphatic hydroxyl groups is 1. The first kappa shape index (κ1) is 24.8. The quantitative estimate of drug-likeness (QED) is 0.182. The molecule has 0 amide bonds. The zero-order valence-corrected chi connectivity index (χ0v) is 17.5. The molecule has 0 saturated heterocycles. The number of nitrogen functional groups attached to an aromatic ring is 1. The zero-order valence-electron chi connectivity index (χ0n) is 14.8. The summed E-state index contributed by atoms with van der Waals surface area (Å²) in [6.45, 7) is -0.938. The monoisotopic (exact) mass is 493 g/mol. The molecule has 20 heteroatoms. The molecule has 0 aliphatic carbocycles. The van der Waals surface area contributed by atoms with Crippen molar-refractivity contribution in [2.24, 2.45) is 0 Å². The Bertz CT molecular complexity index is 1090. The number of hydrogen-bond acceptors (Lipinski definition) is 11. The Morgan fingerprint density at radius 3 is 2.47 bits per heavy atom. The van der Waals surface area contributed by atoms with E-state index in [1.807, 2.05) is 0 Å². The van der Waals surface area contributed by atoms with E-state index in [1.54, 1.807) is 0 Å². The standard InChI is InChI=1S/C10H18N5O12P3/c11-10-13-8-7(9(17)14-10)12-4-15(8)5-25-6(3-16)1-2-28(18,19)26-30(23,24)27-29(20,21)22/h4,6,16H,1-3,5H2,(H,18,19)(H,23,24)(H2,20,21,22)(H3,11,13,14,17)/t6-/m1/s1. The molecule has 2 heterocycles. The number of H-pyrrole nitrogens is 1. The van der Waals surface area contributed by atoms with Crippen LogP contribution in [0.2, 0.25) is 0 Å². The smallest absolute Gasteiger partial charge is 0.394 e. The number of rotatable bonds is 11. The molecule has 8 N–H and O–H groups in total. The number of aromatic amines is 1. The second-order valence-electron chi connectivity index (χ2n) is 5.71. The number of nitrogens with zero attached hydrogens (tertiary/aromatic N) is 3. The van der Waals surface area contributed by atoms with Crippen LogP contribution >= 0.6 is 23.2 Å². The summed E-state index contributed by atoms with van der Waals surface area (Å²) in [5.41, 5.74) is 4.93. The van der Waals surface area contributed by atoms with E-state index in [0.717, 1.165) is 0 Å². The summed E-state index contributed by atoms with van der Waals surface area (Å²) < 4.78 is 47.8. The lowest BCUT2D eigenvalue weighted by atomic mass is 10.3. The predicted octanol–water partition coefficient (Wildman–Crippen LogP) is -1.16. The molecule has 17 nitrogen and oxygen atoms in total. The molecular weight excluding hydrogens is 475 g/mol. The molecule has 2 rings (SSSR count). The van der Waals surface area contributed by atoms with Crippen molar-refractivity contribution in [1.82, 2.24) is 19.5 Å². The summed E-state index contributed by atoms with van der Waals surface area (Å²) in [5, 5.41) is 9.35. The highest BCUT2D eigenvalue weighted by atomic mass is 31.3. The first-order valence-corrected chi connectivity index (χ1v) is 12.6. The summed E-state index contributed by atoms with van der Waals surface area (Å²) in [7, 11) is -15.9. The van der Waals surface area contributed by atoms with Gasteiger partial charge in [0.15, 0.2) is 11.2 Å². The number of imidazole rings is 1. The highest BCUT2D eigenvalue weighted by molar-refractivity contribution is 7.68. The van der Waals surface area contributed by atoms with E-state index in [1.165, 1.54) is 10.9 Å². The normalized spacial score (nSPS) is 17.5. The second kappa shape index (κ2) is 9.34. The largest absolute Gasteiger partial charge is 0.488 e. The van der Waals surface area contributed by atoms with Crippen LogP contribution < -0.4 is 11.3 Å². The van der Waals surface area contributed by atoms with Gasteiger partial charge in [-0.1, -0.05) is 0 Å². The van der Waals surface area contributed by atoms with Gasteiger partial charge in [-0.2, -0.15) is 9.29 Å². The highest BCUT2D eigenvalue weighted by Gasteiger charge is 2.39. The third kappa shape index (κ3) is 7.34. The molecule has 0 aromatic carbocycles. The average Bonchev–Trinajstić information content (AvgIpc) is 2.94. The summed E-state index contributed by atoms with van der Waals surface area (Å²) in [6.07, 6.45) is -1.07. The van der Waals surface area contributed by atoms with Crippen LogP contribution in [0.15, 0.2) is 11.1 Å². The third-order valence-corrected chi connectivity index (χ3v) is 7.67. The Morgan fingerprint density at radius 1 is 1.20 bits per heavy atom. The Morgan fingerprint density at radius 2 is 1.87 bits per heavy atom. The number of aromatic nitrogens is 4. The number of anilines is 1. The van der Waals surface area contributed by atoms with Crippen molar-refractivity contribution in [2.45, 2.75) is 19.3 Å². The summed E-state index contributed by atoms with van der Waals surface area (Å²) in [6, 6.07) is 0. The van der Waals surface area contributed by atoms with Crippen LogP contribution in [0.1, 0.15) is 6.42 Å². The molecule has 3 atom stereocenters. The molecule has 2 aromatic rings. The molecule has 0 bridgehead atoms. The number of aliphatic hydroxyl groups excluding tert-OH is 1. The maximum atomic E-state index is 11.9. The van der Waals surface area contributed by atoms with E-state index < -0.39 is 47.7 Å². The molecule has 30 heavy (non-hydrogen) atoms. The maximum absolute atomic E-state index is 11.9. The SMILES string of the molecule is Nc1nc2c(ncn2CO[C@@H](CO)CCP(=O)(O)OP(=O)(O)OP(=O)(O)O)c(=O)[nH]1. The summed E-state index contributed by atoms with van der Waals surface area (Å²) in [5.74, 6) is -0.169. The minimum atomic E-state index is -5.54. The minimum absolute atomic E-state index is 0.0228. The lowest BCUT2D eigenvalue weighted by Gasteiger charge is -2.19. The molecule has 0 aliphatic heterocycles. The van der Waals surface area contributed by atoms with Gasteiger partial charge in [-0.3, -0.25) is 18.9 Å². The van der Waals surface area contributed by atoms with E-state index in [0.29, 0.717) is 0 Å². The Balaban J connectivity index is 1.98. The van der Waals surface area contributed by atoms with Crippen molar-refractivity contribution >= 4 is 40.4 Å². The Kier molecular flexibility index (Phi) is 7.72. The first-order valence-electron chi connectivity index (χ1n) is 7.77. The number of nitrogens with two attached hydrogens (primary N) is 1. The summed E-state index contributed by atoms with van der Waals surface area (Å²) in [4.78, 5) is 57.4. The van der Waals surface area contributed by atoms with Crippen molar-refractivity contribution < 1.29 is 51.7 Å². The summed E-state index contributed by atoms with van der Waals surface area (Å²) >= 11 is 0. The van der Waals surface area contributed by atoms with Gasteiger partial charge in [0, 0.05) is 0 Å². The number of phosphoric acid groups is 2. The van der Waals surface area contributed by atoms with E-state index in [4.69, 9.17) is 25.2 Å². The van der Waals surface area contributed by atoms with Gasteiger partial charge in [-0.15, -0.1) is 0 Å². The highest BCUT2D eigenvalue weighted by Crippen LogP contribution is 2.66. The number of fused-ring (bicyclic) bond motifs is 1. The van der Waals surface area contributed by atoms with E-state index >= 15 is 0 Å². The lowest BCUT2D eigenvalue weighted by molar-refractivity contribution is -0.0239. The first-order chi connectivity index (χ1) is 13.7. The van der Waals surface area contributed by atoms with Crippen LogP contribution in [-0.2, 0) is 33.8 Å². The van der Waals surface area contributed by atoms with Gasteiger partial charge in [0.05, 0.1) is 25.2 Å². The van der Waals surface area contributed by atoms with Gasteiger partial charge >= 0.3 is 23.2 Å². The third-order valence-electron chi connectivity index (χ3n) is 3.32. The van der Waals surface area contributed by atoms with E-state index in [2.05, 4.69) is 23.6 Å². The minimum Gasteiger partial charge on any atom is -0.394 e. The van der Waals surface area contributed by atoms with Crippen molar-refractivity contribution in [1.29, 1.82) is 0 Å². The fourth-order valence-corrected chi connectivity index (χ4v) is 5.83. The molecule has 170 valence electrons. The number of ether oxygens (including phenoxy) is 1. The van der Waals surface area contributed by atoms with Gasteiger partial charge in [0.1, 0.15) is 6.73 Å². The van der Waals surface area contributed by atoms with E-state index in [9.17, 15) is 28.5 Å². The number of hydrogen-bond donors (Lipinski definition) is 7. The maximum Gasteiger partial charge on any atom is 0.488 e. The molecule has 0 fully saturated rings. The van der Waals surface area contributed by atoms with E-state index in [-0.39, 0.29) is 30.3 Å². The molecular formula is C10H18N5O12P3. The van der Waals surface area contributed by atoms with Crippen LogP contribution in [0.25, 0.3) is 11.2 Å². The van der Waals surface area contributed by atoms with Crippen LogP contribution in [0.4, 0.5) is 5.95 Å².